The zero-order valence-corrected chi connectivity index (χ0v) is 7.88. The van der Waals surface area contributed by atoms with E-state index in [-0.39, 0.29) is 0 Å². The molecule has 0 atom stereocenters. The lowest BCUT2D eigenvalue weighted by atomic mass is 10.3. The molecule has 0 aromatic rings. The molecule has 0 aliphatic heterocycles. The van der Waals surface area contributed by atoms with Crippen LogP contribution in [0, 0.1) is 0 Å². The van der Waals surface area contributed by atoms with Gasteiger partial charge in [0, 0.05) is 0 Å². The van der Waals surface area contributed by atoms with E-state index in [0.29, 0.717) is 6.10 Å². The minimum absolute atomic E-state index is 0.388. The fourth-order valence-corrected chi connectivity index (χ4v) is 1.41. The Morgan fingerprint density at radius 2 is 2.17 bits per heavy atom. The molecule has 0 bridgehead atoms. The van der Waals surface area contributed by atoms with Gasteiger partial charge in [-0.3, -0.25) is 0 Å². The molecule has 2 heteroatoms. The third-order valence-corrected chi connectivity index (χ3v) is 2.21. The molecule has 1 fully saturated rings. The van der Waals surface area contributed by atoms with Crippen LogP contribution in [0.4, 0.5) is 0 Å². The van der Waals surface area contributed by atoms with Crippen LogP contribution in [0.2, 0.25) is 0 Å². The summed E-state index contributed by atoms with van der Waals surface area (Å²) in [6.07, 6.45) is 11.6. The van der Waals surface area contributed by atoms with E-state index >= 15 is 0 Å². The van der Waals surface area contributed by atoms with E-state index in [9.17, 15) is 0 Å². The first-order chi connectivity index (χ1) is 5.93. The van der Waals surface area contributed by atoms with E-state index in [1.54, 1.807) is 0 Å². The van der Waals surface area contributed by atoms with Crippen molar-refractivity contribution in [3.63, 3.8) is 0 Å². The van der Waals surface area contributed by atoms with Crippen LogP contribution in [0.15, 0.2) is 5.16 Å². The predicted molar refractivity (Wildman–Crippen MR) is 50.3 cm³/mol. The molecule has 2 nitrogen and oxygen atoms in total. The van der Waals surface area contributed by atoms with Crippen molar-refractivity contribution in [2.75, 3.05) is 0 Å². The minimum atomic E-state index is 0.388. The Kier molecular flexibility index (Phi) is 4.81. The van der Waals surface area contributed by atoms with Gasteiger partial charge in [0.15, 0.2) is 0 Å². The number of hydrogen-bond donors (Lipinski definition) is 0. The number of nitrogens with zero attached hydrogens (tertiary/aromatic N) is 1. The van der Waals surface area contributed by atoms with Crippen LogP contribution < -0.4 is 0 Å². The van der Waals surface area contributed by atoms with Gasteiger partial charge in [-0.05, 0) is 38.5 Å². The lowest BCUT2D eigenvalue weighted by Crippen LogP contribution is -2.02. The quantitative estimate of drug-likeness (QED) is 0.351. The van der Waals surface area contributed by atoms with Crippen molar-refractivity contribution in [2.45, 2.75) is 58.0 Å². The van der Waals surface area contributed by atoms with Crippen molar-refractivity contribution in [2.24, 2.45) is 5.16 Å². The third-order valence-electron chi connectivity index (χ3n) is 2.21. The predicted octanol–water partition coefficient (Wildman–Crippen LogP) is 3.00. The molecule has 0 aromatic heterocycles. The summed E-state index contributed by atoms with van der Waals surface area (Å²) >= 11 is 0. The average Bonchev–Trinajstić information content (AvgIpc) is 2.57. The molecular weight excluding hydrogens is 150 g/mol. The van der Waals surface area contributed by atoms with Crippen molar-refractivity contribution in [3.05, 3.63) is 0 Å². The Bertz CT molecular complexity index is 128. The highest BCUT2D eigenvalue weighted by atomic mass is 16.6. The van der Waals surface area contributed by atoms with Gasteiger partial charge in [-0.2, -0.15) is 0 Å². The second-order valence-electron chi connectivity index (χ2n) is 3.36. The van der Waals surface area contributed by atoms with Crippen LogP contribution in [0.3, 0.4) is 0 Å². The van der Waals surface area contributed by atoms with Gasteiger partial charge in [-0.1, -0.05) is 18.5 Å². The van der Waals surface area contributed by atoms with Crippen LogP contribution >= 0.6 is 0 Å². The van der Waals surface area contributed by atoms with Crippen LogP contribution in [0.25, 0.3) is 0 Å². The van der Waals surface area contributed by atoms with Crippen LogP contribution in [-0.2, 0) is 4.84 Å². The fraction of sp³-hybridized carbons (Fsp3) is 0.900. The van der Waals surface area contributed by atoms with E-state index in [0.717, 1.165) is 12.8 Å². The molecule has 0 N–H and O–H groups in total. The Morgan fingerprint density at radius 3 is 2.83 bits per heavy atom. The van der Waals surface area contributed by atoms with E-state index < -0.39 is 0 Å². The Balaban J connectivity index is 1.96. The van der Waals surface area contributed by atoms with Crippen LogP contribution in [-0.4, -0.2) is 12.3 Å². The van der Waals surface area contributed by atoms with Crippen molar-refractivity contribution in [1.29, 1.82) is 0 Å². The maximum absolute atomic E-state index is 5.26. The average molecular weight is 168 g/mol. The lowest BCUT2D eigenvalue weighted by Gasteiger charge is -2.04. The first-order valence-electron chi connectivity index (χ1n) is 5.02. The zero-order valence-electron chi connectivity index (χ0n) is 7.88. The third kappa shape index (κ3) is 3.74. The van der Waals surface area contributed by atoms with Gasteiger partial charge in [-0.25, -0.2) is 0 Å². The van der Waals surface area contributed by atoms with Gasteiger partial charge >= 0.3 is 0 Å². The molecule has 69 valence electrons. The van der Waals surface area contributed by atoms with Crippen molar-refractivity contribution < 1.29 is 4.84 Å². The fourth-order valence-electron chi connectivity index (χ4n) is 1.41. The lowest BCUT2D eigenvalue weighted by molar-refractivity contribution is 0.0652. The first kappa shape index (κ1) is 9.56. The molecule has 0 saturated heterocycles. The standard InChI is InChI=1S/C10H18NO/c1-2-3-6-9-11-12-10-7-4-5-8-10/h10H,2-8H2,1H3. The molecule has 0 heterocycles. The van der Waals surface area contributed by atoms with E-state index in [4.69, 9.17) is 4.84 Å². The van der Waals surface area contributed by atoms with Crippen LogP contribution in [0.5, 0.6) is 0 Å². The maximum atomic E-state index is 5.26. The van der Waals surface area contributed by atoms with Gasteiger partial charge in [-0.15, -0.1) is 0 Å². The summed E-state index contributed by atoms with van der Waals surface area (Å²) in [7, 11) is 0. The monoisotopic (exact) mass is 168 g/mol. The summed E-state index contributed by atoms with van der Waals surface area (Å²) < 4.78 is 0. The van der Waals surface area contributed by atoms with Gasteiger partial charge in [0.2, 0.25) is 0 Å². The molecule has 1 aliphatic carbocycles. The summed E-state index contributed by atoms with van der Waals surface area (Å²) in [5.74, 6) is 0. The normalized spacial score (nSPS) is 19.1. The van der Waals surface area contributed by atoms with Gasteiger partial charge in [0.05, 0.1) is 0 Å². The minimum Gasteiger partial charge on any atom is -0.392 e. The number of hydrogen-bond acceptors (Lipinski definition) is 2. The summed E-state index contributed by atoms with van der Waals surface area (Å²) in [6.45, 7) is 2.17. The smallest absolute Gasteiger partial charge is 0.127 e. The largest absolute Gasteiger partial charge is 0.392 e. The SMILES string of the molecule is CCCC/[C]=N\OC1CCCC1. The molecule has 12 heavy (non-hydrogen) atoms. The number of unbranched alkanes of at least 4 members (excludes halogenated alkanes) is 2. The molecule has 1 aliphatic rings. The zero-order chi connectivity index (χ0) is 8.65. The first-order valence-corrected chi connectivity index (χ1v) is 5.02. The molecular formula is C10H18NO. The highest BCUT2D eigenvalue weighted by Crippen LogP contribution is 2.20. The molecule has 0 unspecified atom stereocenters. The van der Waals surface area contributed by atoms with Crippen LogP contribution in [0.1, 0.15) is 51.9 Å². The molecule has 0 spiro atoms. The van der Waals surface area contributed by atoms with Gasteiger partial charge in [0.25, 0.3) is 0 Å². The summed E-state index contributed by atoms with van der Waals surface area (Å²) in [5, 5.41) is 3.84. The number of rotatable bonds is 5. The van der Waals surface area contributed by atoms with Crippen molar-refractivity contribution >= 4 is 6.21 Å². The molecule has 0 amide bonds. The topological polar surface area (TPSA) is 21.6 Å². The van der Waals surface area contributed by atoms with Crippen molar-refractivity contribution in [1.82, 2.24) is 0 Å². The maximum Gasteiger partial charge on any atom is 0.127 e. The second kappa shape index (κ2) is 6.04. The molecule has 0 aromatic carbocycles. The highest BCUT2D eigenvalue weighted by molar-refractivity contribution is 5.56. The summed E-state index contributed by atoms with van der Waals surface area (Å²) in [5.41, 5.74) is 0. The second-order valence-corrected chi connectivity index (χ2v) is 3.36. The Morgan fingerprint density at radius 1 is 1.42 bits per heavy atom. The molecule has 1 radical (unpaired) electrons. The molecule has 1 saturated carbocycles. The van der Waals surface area contributed by atoms with Crippen molar-refractivity contribution in [3.8, 4) is 0 Å². The highest BCUT2D eigenvalue weighted by Gasteiger charge is 2.15. The van der Waals surface area contributed by atoms with E-state index in [1.165, 1.54) is 32.1 Å². The summed E-state index contributed by atoms with van der Waals surface area (Å²) in [6, 6.07) is 0. The van der Waals surface area contributed by atoms with E-state index in [2.05, 4.69) is 18.3 Å². The molecule has 1 rings (SSSR count). The summed E-state index contributed by atoms with van der Waals surface area (Å²) in [4.78, 5) is 5.26. The Hall–Kier alpha value is -0.530. The van der Waals surface area contributed by atoms with E-state index in [1.807, 2.05) is 0 Å². The van der Waals surface area contributed by atoms with Gasteiger partial charge in [0.1, 0.15) is 12.3 Å². The van der Waals surface area contributed by atoms with Gasteiger partial charge < -0.3 is 4.84 Å². The Labute approximate surface area is 75.0 Å².